The first-order chi connectivity index (χ1) is 8.63. The fourth-order valence-electron chi connectivity index (χ4n) is 2.95. The Kier molecular flexibility index (Phi) is 8.33. The lowest BCUT2D eigenvalue weighted by atomic mass is 9.78. The Morgan fingerprint density at radius 3 is 2.61 bits per heavy atom. The van der Waals surface area contributed by atoms with Crippen LogP contribution in [0.1, 0.15) is 65.7 Å². The molecular formula is C16H31ClO. The van der Waals surface area contributed by atoms with Crippen molar-refractivity contribution in [3.8, 4) is 0 Å². The van der Waals surface area contributed by atoms with Gasteiger partial charge in [0.25, 0.3) is 0 Å². The first kappa shape index (κ1) is 16.3. The van der Waals surface area contributed by atoms with Crippen molar-refractivity contribution in [3.05, 3.63) is 0 Å². The molecule has 0 radical (unpaired) electrons. The number of hydrogen-bond acceptors (Lipinski definition) is 1. The number of rotatable bonds is 8. The van der Waals surface area contributed by atoms with Gasteiger partial charge in [-0.05, 0) is 49.9 Å². The molecule has 1 saturated carbocycles. The second-order valence-electron chi connectivity index (χ2n) is 6.33. The third-order valence-corrected chi connectivity index (χ3v) is 4.74. The van der Waals surface area contributed by atoms with E-state index in [1.165, 1.54) is 38.5 Å². The van der Waals surface area contributed by atoms with Gasteiger partial charge in [0.2, 0.25) is 0 Å². The molecule has 108 valence electrons. The van der Waals surface area contributed by atoms with Gasteiger partial charge in [0, 0.05) is 18.6 Å². The van der Waals surface area contributed by atoms with Gasteiger partial charge < -0.3 is 4.74 Å². The molecule has 0 spiro atoms. The van der Waals surface area contributed by atoms with Crippen molar-refractivity contribution in [1.29, 1.82) is 0 Å². The summed E-state index contributed by atoms with van der Waals surface area (Å²) in [5.41, 5.74) is 0. The largest absolute Gasteiger partial charge is 0.381 e. The van der Waals surface area contributed by atoms with E-state index in [1.807, 2.05) is 0 Å². The molecule has 0 heterocycles. The molecule has 0 aliphatic heterocycles. The predicted molar refractivity (Wildman–Crippen MR) is 80.3 cm³/mol. The zero-order chi connectivity index (χ0) is 13.4. The molecule has 1 aliphatic rings. The van der Waals surface area contributed by atoms with Crippen LogP contribution in [0.25, 0.3) is 0 Å². The molecule has 1 aliphatic carbocycles. The highest BCUT2D eigenvalue weighted by molar-refractivity contribution is 6.20. The average Bonchev–Trinajstić information content (AvgIpc) is 2.32. The van der Waals surface area contributed by atoms with Crippen molar-refractivity contribution in [1.82, 2.24) is 0 Å². The fraction of sp³-hybridized carbons (Fsp3) is 1.00. The van der Waals surface area contributed by atoms with E-state index in [4.69, 9.17) is 16.3 Å². The molecule has 0 bridgehead atoms. The van der Waals surface area contributed by atoms with E-state index in [1.54, 1.807) is 0 Å². The average molecular weight is 275 g/mol. The van der Waals surface area contributed by atoms with E-state index < -0.39 is 0 Å². The van der Waals surface area contributed by atoms with Gasteiger partial charge in [0.1, 0.15) is 0 Å². The summed E-state index contributed by atoms with van der Waals surface area (Å²) in [7, 11) is 0. The van der Waals surface area contributed by atoms with Crippen molar-refractivity contribution < 1.29 is 4.74 Å². The lowest BCUT2D eigenvalue weighted by molar-refractivity contribution is 0.100. The van der Waals surface area contributed by atoms with Gasteiger partial charge >= 0.3 is 0 Å². The molecule has 18 heavy (non-hydrogen) atoms. The van der Waals surface area contributed by atoms with Crippen molar-refractivity contribution in [2.24, 2.45) is 17.8 Å². The fourth-order valence-corrected chi connectivity index (χ4v) is 3.30. The third kappa shape index (κ3) is 6.43. The lowest BCUT2D eigenvalue weighted by Gasteiger charge is -2.33. The predicted octanol–water partition coefficient (Wildman–Crippen LogP) is 5.26. The SMILES string of the molecule is CCCC1CCC(Cl)C(CCOCCC(C)C)C1. The maximum Gasteiger partial charge on any atom is 0.0469 e. The van der Waals surface area contributed by atoms with Crippen LogP contribution in [0.2, 0.25) is 0 Å². The quantitative estimate of drug-likeness (QED) is 0.433. The van der Waals surface area contributed by atoms with Gasteiger partial charge in [-0.1, -0.05) is 33.6 Å². The van der Waals surface area contributed by atoms with E-state index in [9.17, 15) is 0 Å². The zero-order valence-electron chi connectivity index (χ0n) is 12.5. The Morgan fingerprint density at radius 2 is 1.94 bits per heavy atom. The second kappa shape index (κ2) is 9.20. The molecule has 0 amide bonds. The van der Waals surface area contributed by atoms with E-state index in [0.717, 1.165) is 31.5 Å². The van der Waals surface area contributed by atoms with E-state index >= 15 is 0 Å². The molecule has 1 rings (SSSR count). The topological polar surface area (TPSA) is 9.23 Å². The second-order valence-corrected chi connectivity index (χ2v) is 6.89. The molecule has 3 atom stereocenters. The Labute approximate surface area is 119 Å². The summed E-state index contributed by atoms with van der Waals surface area (Å²) in [6, 6.07) is 0. The minimum Gasteiger partial charge on any atom is -0.381 e. The molecule has 0 aromatic carbocycles. The van der Waals surface area contributed by atoms with Crippen LogP contribution < -0.4 is 0 Å². The monoisotopic (exact) mass is 274 g/mol. The molecule has 3 unspecified atom stereocenters. The Morgan fingerprint density at radius 1 is 1.17 bits per heavy atom. The summed E-state index contributed by atoms with van der Waals surface area (Å²) >= 11 is 6.46. The first-order valence-electron chi connectivity index (χ1n) is 7.85. The van der Waals surface area contributed by atoms with Crippen LogP contribution in [0, 0.1) is 17.8 Å². The Bertz CT molecular complexity index is 205. The maximum atomic E-state index is 6.46. The highest BCUT2D eigenvalue weighted by atomic mass is 35.5. The van der Waals surface area contributed by atoms with Gasteiger partial charge in [0.15, 0.2) is 0 Å². The lowest BCUT2D eigenvalue weighted by Crippen LogP contribution is -2.26. The molecule has 0 aromatic heterocycles. The molecule has 0 N–H and O–H groups in total. The zero-order valence-corrected chi connectivity index (χ0v) is 13.2. The van der Waals surface area contributed by atoms with E-state index in [-0.39, 0.29) is 0 Å². The number of alkyl halides is 1. The van der Waals surface area contributed by atoms with Crippen LogP contribution >= 0.6 is 11.6 Å². The summed E-state index contributed by atoms with van der Waals surface area (Å²) in [6.07, 6.45) is 8.91. The van der Waals surface area contributed by atoms with Crippen LogP contribution in [-0.2, 0) is 4.74 Å². The highest BCUT2D eigenvalue weighted by Gasteiger charge is 2.28. The molecular weight excluding hydrogens is 244 g/mol. The summed E-state index contributed by atoms with van der Waals surface area (Å²) in [5.74, 6) is 2.36. The van der Waals surface area contributed by atoms with Crippen LogP contribution in [0.4, 0.5) is 0 Å². The summed E-state index contributed by atoms with van der Waals surface area (Å²) in [6.45, 7) is 8.59. The molecule has 0 saturated heterocycles. The van der Waals surface area contributed by atoms with Gasteiger partial charge in [0.05, 0.1) is 0 Å². The third-order valence-electron chi connectivity index (χ3n) is 4.17. The van der Waals surface area contributed by atoms with Crippen molar-refractivity contribution in [2.45, 2.75) is 71.1 Å². The van der Waals surface area contributed by atoms with Crippen molar-refractivity contribution in [2.75, 3.05) is 13.2 Å². The number of halogens is 1. The Balaban J connectivity index is 2.14. The van der Waals surface area contributed by atoms with E-state index in [0.29, 0.717) is 11.3 Å². The van der Waals surface area contributed by atoms with Crippen molar-refractivity contribution >= 4 is 11.6 Å². The summed E-state index contributed by atoms with van der Waals surface area (Å²) < 4.78 is 5.73. The van der Waals surface area contributed by atoms with E-state index in [2.05, 4.69) is 20.8 Å². The summed E-state index contributed by atoms with van der Waals surface area (Å²) in [5, 5.41) is 0.395. The standard InChI is InChI=1S/C16H31ClO/c1-4-5-14-6-7-16(17)15(12-14)9-11-18-10-8-13(2)3/h13-16H,4-12H2,1-3H3. The number of ether oxygens (including phenoxy) is 1. The van der Waals surface area contributed by atoms with Gasteiger partial charge in [-0.3, -0.25) is 0 Å². The smallest absolute Gasteiger partial charge is 0.0469 e. The Hall–Kier alpha value is 0.250. The number of hydrogen-bond donors (Lipinski definition) is 0. The van der Waals surface area contributed by atoms with Crippen LogP contribution in [0.3, 0.4) is 0 Å². The van der Waals surface area contributed by atoms with Crippen LogP contribution in [0.15, 0.2) is 0 Å². The highest BCUT2D eigenvalue weighted by Crippen LogP contribution is 2.36. The van der Waals surface area contributed by atoms with Gasteiger partial charge in [-0.15, -0.1) is 11.6 Å². The summed E-state index contributed by atoms with van der Waals surface area (Å²) in [4.78, 5) is 0. The minimum atomic E-state index is 0.395. The maximum absolute atomic E-state index is 6.46. The normalized spacial score (nSPS) is 28.8. The van der Waals surface area contributed by atoms with Crippen LogP contribution in [0.5, 0.6) is 0 Å². The van der Waals surface area contributed by atoms with Crippen molar-refractivity contribution in [3.63, 3.8) is 0 Å². The molecule has 2 heteroatoms. The van der Waals surface area contributed by atoms with Gasteiger partial charge in [-0.25, -0.2) is 0 Å². The molecule has 1 fully saturated rings. The molecule has 0 aromatic rings. The first-order valence-corrected chi connectivity index (χ1v) is 8.28. The van der Waals surface area contributed by atoms with Gasteiger partial charge in [-0.2, -0.15) is 0 Å². The molecule has 1 nitrogen and oxygen atoms in total. The minimum absolute atomic E-state index is 0.395. The van der Waals surface area contributed by atoms with Crippen LogP contribution in [-0.4, -0.2) is 18.6 Å².